The molecule has 0 aromatic heterocycles. The van der Waals surface area contributed by atoms with E-state index >= 15 is 0 Å². The third-order valence-electron chi connectivity index (χ3n) is 3.48. The van der Waals surface area contributed by atoms with E-state index in [1.807, 2.05) is 0 Å². The topological polar surface area (TPSA) is 55.8 Å². The first-order chi connectivity index (χ1) is 10.7. The Bertz CT molecular complexity index is 620. The minimum absolute atomic E-state index is 0.0155. The summed E-state index contributed by atoms with van der Waals surface area (Å²) < 4.78 is 18.4. The summed E-state index contributed by atoms with van der Waals surface area (Å²) in [4.78, 5) is 29.7. The van der Waals surface area contributed by atoms with E-state index in [0.29, 0.717) is 5.56 Å². The maximum Gasteiger partial charge on any atom is 0.443 e. The number of nitrogens with zero attached hydrogens (tertiary/aromatic N) is 1. The molecule has 1 heterocycles. The standard InChI is InChI=1S/C17H20FNO4/c1-5-10-17(12-6-8-13(18)9-7-12)11-19(23-14(17)20)15(21)22-16(2,3)4/h5-9H,1,10-11H2,2-4H3/t17-/m1/s1. The SMILES string of the molecule is C=CC[C@]1(c2ccc(F)cc2)CN(C(=O)OC(C)(C)C)OC1=O. The van der Waals surface area contributed by atoms with Crippen molar-refractivity contribution in [2.45, 2.75) is 38.2 Å². The summed E-state index contributed by atoms with van der Waals surface area (Å²) >= 11 is 0. The van der Waals surface area contributed by atoms with Crippen molar-refractivity contribution in [1.82, 2.24) is 5.06 Å². The molecule has 6 heteroatoms. The largest absolute Gasteiger partial charge is 0.443 e. The molecule has 0 saturated carbocycles. The van der Waals surface area contributed by atoms with Crippen LogP contribution in [0.3, 0.4) is 0 Å². The predicted molar refractivity (Wildman–Crippen MR) is 81.9 cm³/mol. The molecule has 1 atom stereocenters. The molecule has 0 radical (unpaired) electrons. The monoisotopic (exact) mass is 321 g/mol. The highest BCUT2D eigenvalue weighted by Crippen LogP contribution is 2.37. The van der Waals surface area contributed by atoms with Gasteiger partial charge in [0.2, 0.25) is 0 Å². The fourth-order valence-electron chi connectivity index (χ4n) is 2.43. The van der Waals surface area contributed by atoms with Gasteiger partial charge in [-0.2, -0.15) is 0 Å². The van der Waals surface area contributed by atoms with Crippen LogP contribution in [-0.2, 0) is 19.8 Å². The van der Waals surface area contributed by atoms with Crippen molar-refractivity contribution in [1.29, 1.82) is 0 Å². The number of halogens is 1. The van der Waals surface area contributed by atoms with E-state index in [0.717, 1.165) is 5.06 Å². The summed E-state index contributed by atoms with van der Waals surface area (Å²) in [5.74, 6) is -0.993. The second-order valence-corrected chi connectivity index (χ2v) is 6.48. The van der Waals surface area contributed by atoms with Crippen LogP contribution in [0.5, 0.6) is 0 Å². The normalized spacial score (nSPS) is 21.0. The van der Waals surface area contributed by atoms with E-state index in [-0.39, 0.29) is 13.0 Å². The van der Waals surface area contributed by atoms with Gasteiger partial charge >= 0.3 is 12.1 Å². The fourth-order valence-corrected chi connectivity index (χ4v) is 2.43. The second-order valence-electron chi connectivity index (χ2n) is 6.48. The minimum atomic E-state index is -1.10. The fraction of sp³-hybridized carbons (Fsp3) is 0.412. The first-order valence-electron chi connectivity index (χ1n) is 7.28. The molecular weight excluding hydrogens is 301 g/mol. The van der Waals surface area contributed by atoms with Gasteiger partial charge in [-0.25, -0.2) is 14.0 Å². The molecule has 1 aliphatic rings. The van der Waals surface area contributed by atoms with Gasteiger partial charge in [-0.3, -0.25) is 0 Å². The molecule has 1 saturated heterocycles. The lowest BCUT2D eigenvalue weighted by molar-refractivity contribution is -0.167. The van der Waals surface area contributed by atoms with Crippen molar-refractivity contribution in [3.8, 4) is 0 Å². The number of carbonyl (C=O) groups is 2. The minimum Gasteiger partial charge on any atom is -0.442 e. The van der Waals surface area contributed by atoms with E-state index in [1.54, 1.807) is 26.8 Å². The molecule has 124 valence electrons. The molecular formula is C17H20FNO4. The van der Waals surface area contributed by atoms with Crippen LogP contribution in [0.15, 0.2) is 36.9 Å². The average molecular weight is 321 g/mol. The van der Waals surface area contributed by atoms with Gasteiger partial charge in [0.25, 0.3) is 0 Å². The highest BCUT2D eigenvalue weighted by molar-refractivity contribution is 5.88. The molecule has 2 rings (SSSR count). The Labute approximate surface area is 134 Å². The molecule has 1 aliphatic heterocycles. The molecule has 1 fully saturated rings. The summed E-state index contributed by atoms with van der Waals surface area (Å²) in [6.07, 6.45) is 1.10. The highest BCUT2D eigenvalue weighted by Gasteiger charge is 2.51. The van der Waals surface area contributed by atoms with Crippen molar-refractivity contribution >= 4 is 12.1 Å². The number of benzene rings is 1. The summed E-state index contributed by atoms with van der Waals surface area (Å²) in [6.45, 7) is 8.81. The van der Waals surface area contributed by atoms with Crippen LogP contribution in [0.4, 0.5) is 9.18 Å². The molecule has 0 spiro atoms. The van der Waals surface area contributed by atoms with Gasteiger partial charge in [0, 0.05) is 0 Å². The van der Waals surface area contributed by atoms with E-state index in [1.165, 1.54) is 24.3 Å². The molecule has 0 bridgehead atoms. The van der Waals surface area contributed by atoms with E-state index in [2.05, 4.69) is 6.58 Å². The van der Waals surface area contributed by atoms with Gasteiger partial charge in [-0.15, -0.1) is 11.6 Å². The van der Waals surface area contributed by atoms with Gasteiger partial charge in [-0.05, 0) is 44.9 Å². The zero-order valence-electron chi connectivity index (χ0n) is 13.5. The highest BCUT2D eigenvalue weighted by atomic mass is 19.1. The smallest absolute Gasteiger partial charge is 0.442 e. The van der Waals surface area contributed by atoms with Gasteiger partial charge in [-0.1, -0.05) is 18.2 Å². The summed E-state index contributed by atoms with van der Waals surface area (Å²) in [6, 6.07) is 5.56. The Balaban J connectivity index is 2.30. The molecule has 23 heavy (non-hydrogen) atoms. The molecule has 5 nitrogen and oxygen atoms in total. The lowest BCUT2D eigenvalue weighted by atomic mass is 9.78. The van der Waals surface area contributed by atoms with Crippen molar-refractivity contribution < 1.29 is 23.6 Å². The molecule has 0 aliphatic carbocycles. The Hall–Kier alpha value is -2.37. The van der Waals surface area contributed by atoms with Crippen LogP contribution in [0.25, 0.3) is 0 Å². The van der Waals surface area contributed by atoms with Crippen LogP contribution >= 0.6 is 0 Å². The van der Waals surface area contributed by atoms with Crippen LogP contribution in [0.1, 0.15) is 32.8 Å². The van der Waals surface area contributed by atoms with Crippen LogP contribution in [0.2, 0.25) is 0 Å². The quantitative estimate of drug-likeness (QED) is 0.801. The Morgan fingerprint density at radius 3 is 2.57 bits per heavy atom. The maximum absolute atomic E-state index is 13.2. The van der Waals surface area contributed by atoms with E-state index in [4.69, 9.17) is 9.57 Å². The summed E-state index contributed by atoms with van der Waals surface area (Å²) in [5.41, 5.74) is -1.25. The van der Waals surface area contributed by atoms with Gasteiger partial charge in [0.15, 0.2) is 0 Å². The number of hydrogen-bond donors (Lipinski definition) is 0. The van der Waals surface area contributed by atoms with Crippen molar-refractivity contribution in [2.24, 2.45) is 0 Å². The first kappa shape index (κ1) is 17.0. The zero-order chi connectivity index (χ0) is 17.3. The Morgan fingerprint density at radius 1 is 1.43 bits per heavy atom. The average Bonchev–Trinajstić information content (AvgIpc) is 2.77. The number of hydroxylamine groups is 2. The molecule has 0 unspecified atom stereocenters. The van der Waals surface area contributed by atoms with Crippen molar-refractivity contribution in [2.75, 3.05) is 6.54 Å². The summed E-state index contributed by atoms with van der Waals surface area (Å²) in [7, 11) is 0. The molecule has 1 aromatic rings. The number of ether oxygens (including phenoxy) is 1. The van der Waals surface area contributed by atoms with Gasteiger partial charge in [0.1, 0.15) is 16.8 Å². The molecule has 1 aromatic carbocycles. The second kappa shape index (κ2) is 6.02. The van der Waals surface area contributed by atoms with Gasteiger partial charge in [0.05, 0.1) is 6.54 Å². The maximum atomic E-state index is 13.2. The third-order valence-corrected chi connectivity index (χ3v) is 3.48. The molecule has 0 N–H and O–H groups in total. The number of allylic oxidation sites excluding steroid dienone is 1. The van der Waals surface area contributed by atoms with Crippen LogP contribution in [0, 0.1) is 5.82 Å². The lowest BCUT2D eigenvalue weighted by Crippen LogP contribution is -2.38. The van der Waals surface area contributed by atoms with Crippen LogP contribution in [-0.4, -0.2) is 29.3 Å². The lowest BCUT2D eigenvalue weighted by Gasteiger charge is -2.24. The number of amides is 1. The molecule has 1 amide bonds. The Morgan fingerprint density at radius 2 is 2.04 bits per heavy atom. The Kier molecular flexibility index (Phi) is 4.45. The predicted octanol–water partition coefficient (Wildman–Crippen LogP) is 3.35. The third kappa shape index (κ3) is 3.52. The summed E-state index contributed by atoms with van der Waals surface area (Å²) in [5, 5.41) is 0.903. The van der Waals surface area contributed by atoms with E-state index in [9.17, 15) is 14.0 Å². The van der Waals surface area contributed by atoms with Crippen LogP contribution < -0.4 is 0 Å². The number of carbonyl (C=O) groups excluding carboxylic acids is 2. The van der Waals surface area contributed by atoms with Gasteiger partial charge < -0.3 is 9.57 Å². The zero-order valence-corrected chi connectivity index (χ0v) is 13.5. The van der Waals surface area contributed by atoms with Crippen molar-refractivity contribution in [3.63, 3.8) is 0 Å². The first-order valence-corrected chi connectivity index (χ1v) is 7.28. The van der Waals surface area contributed by atoms with Crippen molar-refractivity contribution in [3.05, 3.63) is 48.3 Å². The van der Waals surface area contributed by atoms with E-state index < -0.39 is 28.9 Å². The number of rotatable bonds is 3. The number of hydrogen-bond acceptors (Lipinski definition) is 4.